The molecule has 7 heteroatoms. The van der Waals surface area contributed by atoms with Crippen molar-refractivity contribution < 1.29 is 14.0 Å². The molecule has 0 amide bonds. The van der Waals surface area contributed by atoms with Crippen molar-refractivity contribution in [3.63, 3.8) is 0 Å². The first-order valence-electron chi connectivity index (χ1n) is 9.30. The molecule has 2 aromatic rings. The number of nitrogens with one attached hydrogen (secondary N) is 1. The fraction of sp³-hybridized carbons (Fsp3) is 0.500. The maximum atomic E-state index is 5.47. The van der Waals surface area contributed by atoms with Crippen molar-refractivity contribution in [3.05, 3.63) is 40.8 Å². The van der Waals surface area contributed by atoms with Crippen LogP contribution in [0.25, 0.3) is 0 Å². The summed E-state index contributed by atoms with van der Waals surface area (Å²) in [6.07, 6.45) is 0. The van der Waals surface area contributed by atoms with Crippen LogP contribution in [0.4, 0.5) is 0 Å². The van der Waals surface area contributed by atoms with Gasteiger partial charge in [-0.25, -0.2) is 0 Å². The van der Waals surface area contributed by atoms with E-state index in [-0.39, 0.29) is 12.7 Å². The summed E-state index contributed by atoms with van der Waals surface area (Å²) >= 11 is 0. The van der Waals surface area contributed by atoms with Gasteiger partial charge in [0.15, 0.2) is 17.5 Å². The van der Waals surface area contributed by atoms with Gasteiger partial charge in [-0.1, -0.05) is 18.1 Å². The molecule has 3 rings (SSSR count). The van der Waals surface area contributed by atoms with Gasteiger partial charge in [-0.3, -0.25) is 4.99 Å². The predicted octanol–water partition coefficient (Wildman–Crippen LogP) is 3.22. The van der Waals surface area contributed by atoms with E-state index in [9.17, 15) is 0 Å². The highest BCUT2D eigenvalue weighted by molar-refractivity contribution is 5.79. The number of rotatable bonds is 6. The Labute approximate surface area is 160 Å². The average molecular weight is 372 g/mol. The van der Waals surface area contributed by atoms with Crippen LogP contribution < -0.4 is 14.8 Å². The Balaban J connectivity index is 1.69. The van der Waals surface area contributed by atoms with Crippen molar-refractivity contribution in [1.29, 1.82) is 0 Å². The van der Waals surface area contributed by atoms with Gasteiger partial charge in [0.25, 0.3) is 0 Å². The van der Waals surface area contributed by atoms with Gasteiger partial charge >= 0.3 is 0 Å². The van der Waals surface area contributed by atoms with Crippen LogP contribution in [0.15, 0.2) is 27.7 Å². The molecule has 1 aliphatic heterocycles. The van der Waals surface area contributed by atoms with E-state index in [1.807, 2.05) is 33.0 Å². The van der Waals surface area contributed by atoms with Crippen LogP contribution in [0.5, 0.6) is 11.5 Å². The highest BCUT2D eigenvalue weighted by Gasteiger charge is 2.18. The molecule has 0 aliphatic carbocycles. The van der Waals surface area contributed by atoms with Crippen LogP contribution >= 0.6 is 0 Å². The second-order valence-corrected chi connectivity index (χ2v) is 6.88. The van der Waals surface area contributed by atoms with E-state index in [4.69, 9.17) is 19.0 Å². The van der Waals surface area contributed by atoms with Crippen LogP contribution in [0.1, 0.15) is 42.3 Å². The fourth-order valence-electron chi connectivity index (χ4n) is 3.37. The second-order valence-electron chi connectivity index (χ2n) is 6.88. The zero-order valence-electron chi connectivity index (χ0n) is 16.7. The third kappa shape index (κ3) is 4.35. The van der Waals surface area contributed by atoms with Crippen molar-refractivity contribution in [1.82, 2.24) is 15.4 Å². The molecule has 27 heavy (non-hydrogen) atoms. The number of benzene rings is 1. The van der Waals surface area contributed by atoms with Crippen LogP contribution in [0.2, 0.25) is 0 Å². The van der Waals surface area contributed by atoms with Gasteiger partial charge in [0, 0.05) is 38.2 Å². The largest absolute Gasteiger partial charge is 0.454 e. The van der Waals surface area contributed by atoms with Gasteiger partial charge in [0.1, 0.15) is 5.76 Å². The molecule has 0 saturated carbocycles. The Morgan fingerprint density at radius 2 is 2.07 bits per heavy atom. The lowest BCUT2D eigenvalue weighted by atomic mass is 10.00. The summed E-state index contributed by atoms with van der Waals surface area (Å²) in [4.78, 5) is 6.94. The molecule has 1 aromatic carbocycles. The van der Waals surface area contributed by atoms with Crippen LogP contribution in [-0.4, -0.2) is 42.9 Å². The molecule has 0 spiro atoms. The molecule has 146 valence electrons. The number of aromatic nitrogens is 1. The van der Waals surface area contributed by atoms with E-state index >= 15 is 0 Å². The molecule has 1 aromatic heterocycles. The lowest BCUT2D eigenvalue weighted by Crippen LogP contribution is -2.38. The summed E-state index contributed by atoms with van der Waals surface area (Å²) in [6.45, 7) is 10.6. The number of guanidine groups is 1. The van der Waals surface area contributed by atoms with Gasteiger partial charge in [-0.15, -0.1) is 0 Å². The Morgan fingerprint density at radius 3 is 2.78 bits per heavy atom. The minimum absolute atomic E-state index is 0.240. The molecular weight excluding hydrogens is 344 g/mol. The summed E-state index contributed by atoms with van der Waals surface area (Å²) in [5.41, 5.74) is 3.23. The molecule has 1 N–H and O–H groups in total. The number of hydrogen-bond acceptors (Lipinski definition) is 5. The number of hydrogen-bond donors (Lipinski definition) is 1. The first-order chi connectivity index (χ1) is 13.0. The van der Waals surface area contributed by atoms with Crippen molar-refractivity contribution in [2.75, 3.05) is 26.9 Å². The lowest BCUT2D eigenvalue weighted by Gasteiger charge is -2.23. The van der Waals surface area contributed by atoms with E-state index < -0.39 is 0 Å². The summed E-state index contributed by atoms with van der Waals surface area (Å²) in [5.74, 6) is 3.58. The first-order valence-corrected chi connectivity index (χ1v) is 9.30. The number of fused-ring (bicyclic) bond motifs is 1. The highest BCUT2D eigenvalue weighted by Crippen LogP contribution is 2.32. The minimum atomic E-state index is 0.240. The monoisotopic (exact) mass is 372 g/mol. The molecule has 0 bridgehead atoms. The zero-order chi connectivity index (χ0) is 19.4. The summed E-state index contributed by atoms with van der Waals surface area (Å²) in [5, 5.41) is 7.41. The van der Waals surface area contributed by atoms with E-state index in [1.165, 1.54) is 0 Å². The molecule has 7 nitrogen and oxygen atoms in total. The van der Waals surface area contributed by atoms with Crippen molar-refractivity contribution >= 4 is 5.96 Å². The second kappa shape index (κ2) is 8.33. The van der Waals surface area contributed by atoms with Gasteiger partial charge in [-0.05, 0) is 38.5 Å². The van der Waals surface area contributed by atoms with E-state index in [2.05, 4.69) is 35.3 Å². The van der Waals surface area contributed by atoms with E-state index in [1.54, 1.807) is 0 Å². The SMILES string of the molecule is CCNC(=NCC(C)c1c(C)noc1C)N(C)Cc1ccc2c(c1)OCO2. The number of aliphatic imine (C=N–C) groups is 1. The normalized spacial score (nSPS) is 14.3. The van der Waals surface area contributed by atoms with Crippen LogP contribution in [-0.2, 0) is 6.54 Å². The Bertz CT molecular complexity index is 796. The van der Waals surface area contributed by atoms with Crippen molar-refractivity contribution in [2.45, 2.75) is 40.2 Å². The minimum Gasteiger partial charge on any atom is -0.454 e. The smallest absolute Gasteiger partial charge is 0.231 e. The lowest BCUT2D eigenvalue weighted by molar-refractivity contribution is 0.174. The Hall–Kier alpha value is -2.70. The molecule has 2 heterocycles. The van der Waals surface area contributed by atoms with Crippen molar-refractivity contribution in [3.8, 4) is 11.5 Å². The number of ether oxygens (including phenoxy) is 2. The molecule has 1 unspecified atom stereocenters. The molecule has 0 saturated heterocycles. The topological polar surface area (TPSA) is 72.1 Å². The zero-order valence-corrected chi connectivity index (χ0v) is 16.7. The van der Waals surface area contributed by atoms with E-state index in [0.717, 1.165) is 53.1 Å². The molecule has 1 aliphatic rings. The van der Waals surface area contributed by atoms with Gasteiger partial charge in [-0.2, -0.15) is 0 Å². The quantitative estimate of drug-likeness (QED) is 0.620. The summed E-state index contributed by atoms with van der Waals surface area (Å²) in [6, 6.07) is 6.03. The average Bonchev–Trinajstić information content (AvgIpc) is 3.24. The molecular formula is C20H28N4O3. The third-order valence-electron chi connectivity index (χ3n) is 4.65. The van der Waals surface area contributed by atoms with Crippen molar-refractivity contribution in [2.24, 2.45) is 4.99 Å². The van der Waals surface area contributed by atoms with Crippen LogP contribution in [0, 0.1) is 13.8 Å². The third-order valence-corrected chi connectivity index (χ3v) is 4.65. The van der Waals surface area contributed by atoms with Gasteiger partial charge in [0.05, 0.1) is 5.69 Å². The predicted molar refractivity (Wildman–Crippen MR) is 104 cm³/mol. The molecule has 1 atom stereocenters. The highest BCUT2D eigenvalue weighted by atomic mass is 16.7. The fourth-order valence-corrected chi connectivity index (χ4v) is 3.37. The van der Waals surface area contributed by atoms with Gasteiger partial charge < -0.3 is 24.2 Å². The maximum absolute atomic E-state index is 5.47. The first kappa shape index (κ1) is 19.1. The Kier molecular flexibility index (Phi) is 5.88. The number of nitrogens with zero attached hydrogens (tertiary/aromatic N) is 3. The Morgan fingerprint density at radius 1 is 1.30 bits per heavy atom. The van der Waals surface area contributed by atoms with E-state index in [0.29, 0.717) is 6.54 Å². The summed E-state index contributed by atoms with van der Waals surface area (Å²) < 4.78 is 16.1. The number of aryl methyl sites for hydroxylation is 2. The van der Waals surface area contributed by atoms with Gasteiger partial charge in [0.2, 0.25) is 6.79 Å². The summed E-state index contributed by atoms with van der Waals surface area (Å²) in [7, 11) is 2.03. The molecule has 0 fully saturated rings. The van der Waals surface area contributed by atoms with Crippen LogP contribution in [0.3, 0.4) is 0 Å². The maximum Gasteiger partial charge on any atom is 0.231 e. The molecule has 0 radical (unpaired) electrons. The standard InChI is InChI=1S/C20H28N4O3/c1-6-21-20(22-10-13(2)19-14(3)23-27-15(19)4)24(5)11-16-7-8-17-18(9-16)26-12-25-17/h7-9,13H,6,10-12H2,1-5H3,(H,21,22).